The molecule has 2 aliphatic rings. The Morgan fingerprint density at radius 2 is 2.11 bits per heavy atom. The van der Waals surface area contributed by atoms with Crippen LogP contribution in [-0.2, 0) is 0 Å². The number of anilines is 2. The second kappa shape index (κ2) is 5.59. The molecule has 4 heteroatoms. The summed E-state index contributed by atoms with van der Waals surface area (Å²) in [5.74, 6) is 2.78. The van der Waals surface area contributed by atoms with Crippen LogP contribution in [0.5, 0.6) is 0 Å². The second-order valence-electron chi connectivity index (χ2n) is 5.74. The van der Waals surface area contributed by atoms with Crippen molar-refractivity contribution >= 4 is 11.6 Å². The molecule has 1 unspecified atom stereocenters. The van der Waals surface area contributed by atoms with E-state index >= 15 is 0 Å². The molecule has 0 amide bonds. The highest BCUT2D eigenvalue weighted by Gasteiger charge is 2.18. The van der Waals surface area contributed by atoms with Crippen molar-refractivity contribution in [1.29, 1.82) is 0 Å². The Morgan fingerprint density at radius 1 is 1.26 bits per heavy atom. The van der Waals surface area contributed by atoms with Gasteiger partial charge in [-0.05, 0) is 31.6 Å². The van der Waals surface area contributed by atoms with Gasteiger partial charge >= 0.3 is 0 Å². The fraction of sp³-hybridized carbons (Fsp3) is 0.600. The SMILES string of the molecule is CC1CCCN(c2cc(NC3CC=CC3)ncn2)C1. The van der Waals surface area contributed by atoms with Crippen molar-refractivity contribution in [2.24, 2.45) is 5.92 Å². The largest absolute Gasteiger partial charge is 0.367 e. The first kappa shape index (κ1) is 12.5. The monoisotopic (exact) mass is 258 g/mol. The summed E-state index contributed by atoms with van der Waals surface area (Å²) in [4.78, 5) is 11.2. The molecule has 3 rings (SSSR count). The predicted octanol–water partition coefficient (Wildman–Crippen LogP) is 2.84. The van der Waals surface area contributed by atoms with Gasteiger partial charge in [0.1, 0.15) is 18.0 Å². The summed E-state index contributed by atoms with van der Waals surface area (Å²) in [6.07, 6.45) is 10.9. The van der Waals surface area contributed by atoms with Gasteiger partial charge in [-0.25, -0.2) is 9.97 Å². The molecule has 1 aromatic heterocycles. The number of rotatable bonds is 3. The van der Waals surface area contributed by atoms with Crippen LogP contribution in [0.2, 0.25) is 0 Å². The van der Waals surface area contributed by atoms with E-state index in [1.807, 2.05) is 0 Å². The maximum absolute atomic E-state index is 4.43. The molecule has 1 aliphatic carbocycles. The molecule has 1 fully saturated rings. The van der Waals surface area contributed by atoms with Crippen molar-refractivity contribution in [3.05, 3.63) is 24.5 Å². The summed E-state index contributed by atoms with van der Waals surface area (Å²) in [7, 11) is 0. The topological polar surface area (TPSA) is 41.0 Å². The van der Waals surface area contributed by atoms with Crippen molar-refractivity contribution in [1.82, 2.24) is 9.97 Å². The van der Waals surface area contributed by atoms with E-state index in [4.69, 9.17) is 0 Å². The zero-order chi connectivity index (χ0) is 13.1. The number of aromatic nitrogens is 2. The lowest BCUT2D eigenvalue weighted by molar-refractivity contribution is 0.444. The Labute approximate surface area is 114 Å². The Kier molecular flexibility index (Phi) is 3.67. The molecule has 1 atom stereocenters. The zero-order valence-electron chi connectivity index (χ0n) is 11.5. The van der Waals surface area contributed by atoms with E-state index < -0.39 is 0 Å². The number of hydrogen-bond donors (Lipinski definition) is 1. The molecule has 1 aliphatic heterocycles. The van der Waals surface area contributed by atoms with Crippen LogP contribution in [0, 0.1) is 5.92 Å². The van der Waals surface area contributed by atoms with Gasteiger partial charge in [0.15, 0.2) is 0 Å². The predicted molar refractivity (Wildman–Crippen MR) is 78.4 cm³/mol. The molecule has 4 nitrogen and oxygen atoms in total. The van der Waals surface area contributed by atoms with E-state index in [0.717, 1.165) is 43.5 Å². The van der Waals surface area contributed by atoms with Crippen LogP contribution in [-0.4, -0.2) is 29.1 Å². The second-order valence-corrected chi connectivity index (χ2v) is 5.74. The molecule has 0 saturated carbocycles. The average Bonchev–Trinajstić information content (AvgIpc) is 2.92. The van der Waals surface area contributed by atoms with Crippen LogP contribution < -0.4 is 10.2 Å². The maximum atomic E-state index is 4.43. The first-order chi connectivity index (χ1) is 9.31. The molecular weight excluding hydrogens is 236 g/mol. The van der Waals surface area contributed by atoms with E-state index in [9.17, 15) is 0 Å². The number of hydrogen-bond acceptors (Lipinski definition) is 4. The van der Waals surface area contributed by atoms with Crippen molar-refractivity contribution in [2.45, 2.75) is 38.6 Å². The summed E-state index contributed by atoms with van der Waals surface area (Å²) >= 11 is 0. The number of nitrogens with one attached hydrogen (secondary N) is 1. The molecular formula is C15H22N4. The van der Waals surface area contributed by atoms with Gasteiger partial charge < -0.3 is 10.2 Å². The van der Waals surface area contributed by atoms with Gasteiger partial charge in [-0.3, -0.25) is 0 Å². The van der Waals surface area contributed by atoms with Crippen molar-refractivity contribution < 1.29 is 0 Å². The lowest BCUT2D eigenvalue weighted by Gasteiger charge is -2.31. The Balaban J connectivity index is 1.68. The van der Waals surface area contributed by atoms with Crippen molar-refractivity contribution in [3.8, 4) is 0 Å². The van der Waals surface area contributed by atoms with Gasteiger partial charge in [0, 0.05) is 25.2 Å². The third-order valence-corrected chi connectivity index (χ3v) is 3.99. The summed E-state index contributed by atoms with van der Waals surface area (Å²) in [5.41, 5.74) is 0. The molecule has 2 heterocycles. The summed E-state index contributed by atoms with van der Waals surface area (Å²) < 4.78 is 0. The highest BCUT2D eigenvalue weighted by molar-refractivity contribution is 5.49. The Hall–Kier alpha value is -1.58. The molecule has 19 heavy (non-hydrogen) atoms. The first-order valence-corrected chi connectivity index (χ1v) is 7.30. The fourth-order valence-electron chi connectivity index (χ4n) is 2.94. The molecule has 1 N–H and O–H groups in total. The molecule has 1 saturated heterocycles. The molecule has 0 bridgehead atoms. The summed E-state index contributed by atoms with van der Waals surface area (Å²) in [6, 6.07) is 2.60. The van der Waals surface area contributed by atoms with Crippen LogP contribution in [0.15, 0.2) is 24.5 Å². The summed E-state index contributed by atoms with van der Waals surface area (Å²) in [6.45, 7) is 4.55. The average molecular weight is 258 g/mol. The van der Waals surface area contributed by atoms with Gasteiger partial charge in [0.05, 0.1) is 0 Å². The highest BCUT2D eigenvalue weighted by atomic mass is 15.2. The van der Waals surface area contributed by atoms with E-state index in [1.165, 1.54) is 12.8 Å². The van der Waals surface area contributed by atoms with Crippen LogP contribution in [0.4, 0.5) is 11.6 Å². The van der Waals surface area contributed by atoms with E-state index in [2.05, 4.69) is 45.3 Å². The van der Waals surface area contributed by atoms with Crippen molar-refractivity contribution in [2.75, 3.05) is 23.3 Å². The van der Waals surface area contributed by atoms with Gasteiger partial charge in [0.2, 0.25) is 0 Å². The minimum absolute atomic E-state index is 0.503. The molecule has 0 aromatic carbocycles. The first-order valence-electron chi connectivity index (χ1n) is 7.30. The molecule has 102 valence electrons. The smallest absolute Gasteiger partial charge is 0.134 e. The third kappa shape index (κ3) is 3.06. The normalized spacial score (nSPS) is 23.8. The van der Waals surface area contributed by atoms with Crippen LogP contribution in [0.1, 0.15) is 32.6 Å². The zero-order valence-corrected chi connectivity index (χ0v) is 11.5. The van der Waals surface area contributed by atoms with Gasteiger partial charge in [-0.15, -0.1) is 0 Å². The van der Waals surface area contributed by atoms with E-state index in [1.54, 1.807) is 6.33 Å². The van der Waals surface area contributed by atoms with Crippen LogP contribution >= 0.6 is 0 Å². The van der Waals surface area contributed by atoms with Gasteiger partial charge in [-0.2, -0.15) is 0 Å². The molecule has 0 spiro atoms. The van der Waals surface area contributed by atoms with Crippen molar-refractivity contribution in [3.63, 3.8) is 0 Å². The minimum Gasteiger partial charge on any atom is -0.367 e. The molecule has 0 radical (unpaired) electrons. The quantitative estimate of drug-likeness (QED) is 0.846. The Morgan fingerprint density at radius 3 is 2.89 bits per heavy atom. The third-order valence-electron chi connectivity index (χ3n) is 3.99. The van der Waals surface area contributed by atoms with Crippen LogP contribution in [0.3, 0.4) is 0 Å². The molecule has 1 aromatic rings. The number of piperidine rings is 1. The van der Waals surface area contributed by atoms with Gasteiger partial charge in [-0.1, -0.05) is 19.1 Å². The van der Waals surface area contributed by atoms with E-state index in [0.29, 0.717) is 6.04 Å². The maximum Gasteiger partial charge on any atom is 0.134 e. The number of nitrogens with zero attached hydrogens (tertiary/aromatic N) is 3. The highest BCUT2D eigenvalue weighted by Crippen LogP contribution is 2.23. The summed E-state index contributed by atoms with van der Waals surface area (Å²) in [5, 5.41) is 3.49. The minimum atomic E-state index is 0.503. The van der Waals surface area contributed by atoms with E-state index in [-0.39, 0.29) is 0 Å². The lowest BCUT2D eigenvalue weighted by Crippen LogP contribution is -2.34. The van der Waals surface area contributed by atoms with Crippen LogP contribution in [0.25, 0.3) is 0 Å². The fourth-order valence-corrected chi connectivity index (χ4v) is 2.94. The standard InChI is InChI=1S/C15H22N4/c1-12-5-4-8-19(10-12)15-9-14(16-11-17-15)18-13-6-2-3-7-13/h2-3,9,11-13H,4-8,10H2,1H3,(H,16,17,18). The Bertz CT molecular complexity index is 449. The lowest BCUT2D eigenvalue weighted by atomic mass is 10.0. The van der Waals surface area contributed by atoms with Gasteiger partial charge in [0.25, 0.3) is 0 Å².